The fourth-order valence-corrected chi connectivity index (χ4v) is 1.91. The van der Waals surface area contributed by atoms with E-state index in [1.54, 1.807) is 0 Å². The van der Waals surface area contributed by atoms with Crippen LogP contribution < -0.4 is 10.5 Å². The van der Waals surface area contributed by atoms with Gasteiger partial charge in [0.05, 0.1) is 13.2 Å². The Kier molecular flexibility index (Phi) is 4.86. The summed E-state index contributed by atoms with van der Waals surface area (Å²) in [4.78, 5) is 13.3. The maximum Gasteiger partial charge on any atom is 0.260 e. The molecule has 1 aliphatic rings. The largest absolute Gasteiger partial charge is 0.478 e. The third-order valence-corrected chi connectivity index (χ3v) is 3.00. The molecule has 2 N–H and O–H groups in total. The summed E-state index contributed by atoms with van der Waals surface area (Å²) < 4.78 is 37.3. The van der Waals surface area contributed by atoms with Crippen LogP contribution in [0.3, 0.4) is 0 Å². The first-order valence-corrected chi connectivity index (χ1v) is 6.28. The average Bonchev–Trinajstić information content (AvgIpc) is 2.46. The van der Waals surface area contributed by atoms with Gasteiger partial charge in [0.1, 0.15) is 0 Å². The molecule has 0 radical (unpaired) electrons. The van der Waals surface area contributed by atoms with Crippen LogP contribution in [-0.4, -0.2) is 43.7 Å². The van der Waals surface area contributed by atoms with E-state index in [1.807, 2.05) is 0 Å². The summed E-state index contributed by atoms with van der Waals surface area (Å²) in [6, 6.07) is 2.19. The lowest BCUT2D eigenvalue weighted by Gasteiger charge is -2.26. The minimum atomic E-state index is -0.861. The third-order valence-electron chi connectivity index (χ3n) is 3.00. The average molecular weight is 286 g/mol. The molecule has 1 saturated heterocycles. The molecule has 2 rings (SSSR count). The fourth-order valence-electron chi connectivity index (χ4n) is 1.91. The van der Waals surface area contributed by atoms with Gasteiger partial charge in [-0.3, -0.25) is 4.79 Å². The second-order valence-corrected chi connectivity index (χ2v) is 4.37. The highest BCUT2D eigenvalue weighted by Gasteiger charge is 2.19. The van der Waals surface area contributed by atoms with Crippen molar-refractivity contribution in [1.82, 2.24) is 4.90 Å². The normalized spacial score (nSPS) is 15.2. The number of rotatable bonds is 4. The van der Waals surface area contributed by atoms with Crippen LogP contribution in [0.5, 0.6) is 5.75 Å². The van der Waals surface area contributed by atoms with Gasteiger partial charge in [0.2, 0.25) is 0 Å². The molecule has 110 valence electrons. The van der Waals surface area contributed by atoms with Crippen molar-refractivity contribution in [2.45, 2.75) is 6.54 Å². The van der Waals surface area contributed by atoms with Crippen molar-refractivity contribution < 1.29 is 23.0 Å². The Morgan fingerprint density at radius 3 is 2.45 bits per heavy atom. The number of carbonyl (C=O) groups is 1. The summed E-state index contributed by atoms with van der Waals surface area (Å²) >= 11 is 0. The van der Waals surface area contributed by atoms with E-state index in [-0.39, 0.29) is 12.5 Å². The molecule has 1 aromatic carbocycles. The first-order chi connectivity index (χ1) is 9.61. The Labute approximate surface area is 115 Å². The Morgan fingerprint density at radius 1 is 1.30 bits per heavy atom. The number of hydrogen-bond acceptors (Lipinski definition) is 4. The van der Waals surface area contributed by atoms with Crippen molar-refractivity contribution >= 4 is 5.91 Å². The van der Waals surface area contributed by atoms with Crippen LogP contribution in [0.25, 0.3) is 0 Å². The monoisotopic (exact) mass is 286 g/mol. The Balaban J connectivity index is 1.98. The van der Waals surface area contributed by atoms with Gasteiger partial charge in [-0.15, -0.1) is 0 Å². The van der Waals surface area contributed by atoms with E-state index >= 15 is 0 Å². The molecule has 5 nitrogen and oxygen atoms in total. The van der Waals surface area contributed by atoms with Crippen LogP contribution in [0.15, 0.2) is 12.1 Å². The van der Waals surface area contributed by atoms with E-state index in [0.717, 1.165) is 12.1 Å². The third kappa shape index (κ3) is 3.43. The van der Waals surface area contributed by atoms with Crippen LogP contribution in [0.2, 0.25) is 0 Å². The molecule has 0 aromatic heterocycles. The lowest BCUT2D eigenvalue weighted by molar-refractivity contribution is -0.137. The number of halogens is 2. The van der Waals surface area contributed by atoms with Crippen LogP contribution in [-0.2, 0) is 16.1 Å². The maximum atomic E-state index is 13.6. The highest BCUT2D eigenvalue weighted by molar-refractivity contribution is 5.77. The van der Waals surface area contributed by atoms with E-state index in [9.17, 15) is 13.6 Å². The van der Waals surface area contributed by atoms with Crippen molar-refractivity contribution in [3.8, 4) is 5.75 Å². The zero-order chi connectivity index (χ0) is 14.5. The van der Waals surface area contributed by atoms with Crippen molar-refractivity contribution in [3.05, 3.63) is 29.3 Å². The van der Waals surface area contributed by atoms with Crippen molar-refractivity contribution in [1.29, 1.82) is 0 Å². The number of benzene rings is 1. The highest BCUT2D eigenvalue weighted by Crippen LogP contribution is 2.23. The van der Waals surface area contributed by atoms with Gasteiger partial charge in [-0.05, 0) is 17.7 Å². The van der Waals surface area contributed by atoms with Gasteiger partial charge < -0.3 is 20.1 Å². The number of carbonyl (C=O) groups excluding carboxylic acids is 1. The first-order valence-electron chi connectivity index (χ1n) is 6.28. The zero-order valence-electron chi connectivity index (χ0n) is 10.9. The summed E-state index contributed by atoms with van der Waals surface area (Å²) in [7, 11) is 0. The van der Waals surface area contributed by atoms with Gasteiger partial charge in [0.15, 0.2) is 24.0 Å². The molecule has 1 heterocycles. The summed E-state index contributed by atoms with van der Waals surface area (Å²) in [5, 5.41) is 0. The van der Waals surface area contributed by atoms with Crippen LogP contribution >= 0.6 is 0 Å². The number of ether oxygens (including phenoxy) is 2. The van der Waals surface area contributed by atoms with E-state index in [2.05, 4.69) is 0 Å². The van der Waals surface area contributed by atoms with Gasteiger partial charge in [0.25, 0.3) is 5.91 Å². The lowest BCUT2D eigenvalue weighted by atomic mass is 10.2. The number of amides is 1. The molecule has 0 unspecified atom stereocenters. The Bertz CT molecular complexity index is 467. The molecule has 7 heteroatoms. The predicted molar refractivity (Wildman–Crippen MR) is 67.1 cm³/mol. The topological polar surface area (TPSA) is 64.8 Å². The van der Waals surface area contributed by atoms with E-state index in [1.165, 1.54) is 4.90 Å². The van der Waals surface area contributed by atoms with E-state index in [4.69, 9.17) is 15.2 Å². The molecule has 0 spiro atoms. The van der Waals surface area contributed by atoms with Gasteiger partial charge in [0, 0.05) is 19.6 Å². The zero-order valence-corrected chi connectivity index (χ0v) is 10.9. The number of nitrogens with two attached hydrogens (primary N) is 1. The molecule has 0 atom stereocenters. The van der Waals surface area contributed by atoms with Gasteiger partial charge in [-0.25, -0.2) is 8.78 Å². The van der Waals surface area contributed by atoms with Crippen molar-refractivity contribution in [2.24, 2.45) is 5.73 Å². The molecule has 1 amide bonds. The summed E-state index contributed by atoms with van der Waals surface area (Å²) in [5.74, 6) is -2.60. The molecular weight excluding hydrogens is 270 g/mol. The summed E-state index contributed by atoms with van der Waals surface area (Å²) in [5.41, 5.74) is 5.64. The van der Waals surface area contributed by atoms with E-state index < -0.39 is 24.0 Å². The standard InChI is InChI=1S/C13H16F2N2O3/c14-10-5-9(7-16)6-11(15)13(10)20-8-12(18)17-1-3-19-4-2-17/h5-6H,1-4,7-8,16H2. The van der Waals surface area contributed by atoms with Crippen molar-refractivity contribution in [2.75, 3.05) is 32.9 Å². The molecule has 1 fully saturated rings. The molecule has 0 bridgehead atoms. The Morgan fingerprint density at radius 2 is 1.90 bits per heavy atom. The quantitative estimate of drug-likeness (QED) is 0.883. The van der Waals surface area contributed by atoms with Crippen LogP contribution in [0.4, 0.5) is 8.78 Å². The van der Waals surface area contributed by atoms with E-state index in [0.29, 0.717) is 31.9 Å². The lowest BCUT2D eigenvalue weighted by Crippen LogP contribution is -2.43. The first kappa shape index (κ1) is 14.7. The molecule has 1 aromatic rings. The summed E-state index contributed by atoms with van der Waals surface area (Å²) in [6.07, 6.45) is 0. The molecular formula is C13H16F2N2O3. The van der Waals surface area contributed by atoms with Crippen LogP contribution in [0.1, 0.15) is 5.56 Å². The maximum absolute atomic E-state index is 13.6. The molecule has 20 heavy (non-hydrogen) atoms. The minimum absolute atomic E-state index is 0.0286. The number of nitrogens with zero attached hydrogens (tertiary/aromatic N) is 1. The minimum Gasteiger partial charge on any atom is -0.478 e. The van der Waals surface area contributed by atoms with Gasteiger partial charge in [-0.2, -0.15) is 0 Å². The van der Waals surface area contributed by atoms with Crippen molar-refractivity contribution in [3.63, 3.8) is 0 Å². The number of morpholine rings is 1. The Hall–Kier alpha value is -1.73. The summed E-state index contributed by atoms with van der Waals surface area (Å²) in [6.45, 7) is 1.45. The predicted octanol–water partition coefficient (Wildman–Crippen LogP) is 0.661. The number of hydrogen-bond donors (Lipinski definition) is 1. The molecule has 0 saturated carbocycles. The van der Waals surface area contributed by atoms with Gasteiger partial charge >= 0.3 is 0 Å². The fraction of sp³-hybridized carbons (Fsp3) is 0.462. The molecule has 1 aliphatic heterocycles. The highest BCUT2D eigenvalue weighted by atomic mass is 19.1. The smallest absolute Gasteiger partial charge is 0.260 e. The second kappa shape index (κ2) is 6.62. The van der Waals surface area contributed by atoms with Crippen LogP contribution in [0, 0.1) is 11.6 Å². The second-order valence-electron chi connectivity index (χ2n) is 4.37. The molecule has 0 aliphatic carbocycles. The SMILES string of the molecule is NCc1cc(F)c(OCC(=O)N2CCOCC2)c(F)c1. The van der Waals surface area contributed by atoms with Gasteiger partial charge in [-0.1, -0.05) is 0 Å².